The van der Waals surface area contributed by atoms with E-state index in [2.05, 4.69) is 5.32 Å². The molecule has 0 aliphatic carbocycles. The van der Waals surface area contributed by atoms with E-state index in [0.717, 1.165) is 18.6 Å². The maximum absolute atomic E-state index is 13.0. The number of benzene rings is 1. The van der Waals surface area contributed by atoms with Crippen LogP contribution in [0, 0.1) is 11.7 Å². The molecule has 0 radical (unpaired) electrons. The molecule has 2 N–H and O–H groups in total. The first-order valence-electron chi connectivity index (χ1n) is 5.96. The van der Waals surface area contributed by atoms with Gasteiger partial charge in [-0.1, -0.05) is 0 Å². The quantitative estimate of drug-likeness (QED) is 0.861. The molecule has 2 rings (SSSR count). The Morgan fingerprint density at radius 3 is 3.06 bits per heavy atom. The minimum Gasteiger partial charge on any atom is -0.507 e. The van der Waals surface area contributed by atoms with Crippen LogP contribution in [-0.4, -0.2) is 30.3 Å². The normalized spacial score (nSPS) is 23.0. The van der Waals surface area contributed by atoms with Crippen LogP contribution in [0.4, 0.5) is 4.39 Å². The highest BCUT2D eigenvalue weighted by Gasteiger charge is 2.25. The number of aromatic hydroxyl groups is 1. The fourth-order valence-corrected chi connectivity index (χ4v) is 2.05. The summed E-state index contributed by atoms with van der Waals surface area (Å²) < 4.78 is 18.4. The number of nitrogens with one attached hydrogen (secondary N) is 1. The van der Waals surface area contributed by atoms with E-state index in [4.69, 9.17) is 4.74 Å². The third kappa shape index (κ3) is 2.79. The molecule has 1 aliphatic heterocycles. The molecule has 1 aromatic rings. The number of amides is 1. The average molecular weight is 253 g/mol. The molecule has 1 aromatic carbocycles. The van der Waals surface area contributed by atoms with Crippen LogP contribution in [0.3, 0.4) is 0 Å². The summed E-state index contributed by atoms with van der Waals surface area (Å²) in [5.41, 5.74) is -0.0402. The van der Waals surface area contributed by atoms with Crippen LogP contribution >= 0.6 is 0 Å². The summed E-state index contributed by atoms with van der Waals surface area (Å²) >= 11 is 0. The number of carbonyl (C=O) groups excluding carboxylic acids is 1. The molecule has 2 unspecified atom stereocenters. The second-order valence-electron chi connectivity index (χ2n) is 4.50. The van der Waals surface area contributed by atoms with Crippen LogP contribution in [0.25, 0.3) is 0 Å². The van der Waals surface area contributed by atoms with Crippen molar-refractivity contribution >= 4 is 5.91 Å². The van der Waals surface area contributed by atoms with Crippen LogP contribution < -0.4 is 5.32 Å². The van der Waals surface area contributed by atoms with Crippen molar-refractivity contribution in [1.29, 1.82) is 0 Å². The zero-order valence-corrected chi connectivity index (χ0v) is 10.1. The topological polar surface area (TPSA) is 58.6 Å². The molecule has 0 spiro atoms. The number of ether oxygens (including phenoxy) is 1. The molecule has 1 saturated heterocycles. The predicted octanol–water partition coefficient (Wildman–Crippen LogP) is 1.69. The molecule has 2 atom stereocenters. The van der Waals surface area contributed by atoms with E-state index < -0.39 is 11.7 Å². The molecule has 0 saturated carbocycles. The number of hydrogen-bond acceptors (Lipinski definition) is 3. The highest BCUT2D eigenvalue weighted by Crippen LogP contribution is 2.21. The van der Waals surface area contributed by atoms with E-state index >= 15 is 0 Å². The highest BCUT2D eigenvalue weighted by molar-refractivity contribution is 5.96. The van der Waals surface area contributed by atoms with Gasteiger partial charge in [-0.3, -0.25) is 4.79 Å². The zero-order chi connectivity index (χ0) is 13.1. The largest absolute Gasteiger partial charge is 0.507 e. The summed E-state index contributed by atoms with van der Waals surface area (Å²) in [5.74, 6) is -0.962. The average Bonchev–Trinajstić information content (AvgIpc) is 2.75. The minimum absolute atomic E-state index is 0.0402. The van der Waals surface area contributed by atoms with Crippen molar-refractivity contribution in [3.05, 3.63) is 29.6 Å². The zero-order valence-electron chi connectivity index (χ0n) is 10.1. The van der Waals surface area contributed by atoms with Crippen LogP contribution in [0.15, 0.2) is 18.2 Å². The first-order chi connectivity index (χ1) is 8.58. The lowest BCUT2D eigenvalue weighted by molar-refractivity contribution is 0.0905. The summed E-state index contributed by atoms with van der Waals surface area (Å²) in [4.78, 5) is 11.8. The molecular weight excluding hydrogens is 237 g/mol. The lowest BCUT2D eigenvalue weighted by Crippen LogP contribution is -2.32. The van der Waals surface area contributed by atoms with Gasteiger partial charge in [0, 0.05) is 19.1 Å². The van der Waals surface area contributed by atoms with Crippen molar-refractivity contribution in [2.75, 3.05) is 13.2 Å². The summed E-state index contributed by atoms with van der Waals surface area (Å²) in [6.07, 6.45) is 1.02. The van der Waals surface area contributed by atoms with Gasteiger partial charge in [0.15, 0.2) is 0 Å². The van der Waals surface area contributed by atoms with Crippen LogP contribution in [-0.2, 0) is 4.74 Å². The molecule has 1 heterocycles. The van der Waals surface area contributed by atoms with Gasteiger partial charge >= 0.3 is 0 Å². The molecule has 98 valence electrons. The number of halogens is 1. The molecule has 0 aromatic heterocycles. The van der Waals surface area contributed by atoms with Gasteiger partial charge in [-0.2, -0.15) is 0 Å². The van der Waals surface area contributed by atoms with Crippen LogP contribution in [0.2, 0.25) is 0 Å². The third-order valence-electron chi connectivity index (χ3n) is 3.26. The lowest BCUT2D eigenvalue weighted by atomic mass is 10.0. The molecule has 4 nitrogen and oxygen atoms in total. The Bertz CT molecular complexity index is 450. The number of carbonyl (C=O) groups is 1. The summed E-state index contributed by atoms with van der Waals surface area (Å²) in [7, 11) is 0. The second kappa shape index (κ2) is 5.35. The maximum Gasteiger partial charge on any atom is 0.255 e. The fraction of sp³-hybridized carbons (Fsp3) is 0.462. The molecule has 5 heteroatoms. The maximum atomic E-state index is 13.0. The van der Waals surface area contributed by atoms with E-state index in [0.29, 0.717) is 13.2 Å². The fourth-order valence-electron chi connectivity index (χ4n) is 2.05. The smallest absolute Gasteiger partial charge is 0.255 e. The highest BCUT2D eigenvalue weighted by atomic mass is 19.1. The Morgan fingerprint density at radius 1 is 1.61 bits per heavy atom. The van der Waals surface area contributed by atoms with Crippen molar-refractivity contribution in [1.82, 2.24) is 5.32 Å². The number of phenolic OH excluding ortho intramolecular Hbond substituents is 1. The lowest BCUT2D eigenvalue weighted by Gasteiger charge is -2.15. The second-order valence-corrected chi connectivity index (χ2v) is 4.50. The van der Waals surface area contributed by atoms with Crippen LogP contribution in [0.1, 0.15) is 23.7 Å². The Labute approximate surface area is 105 Å². The Hall–Kier alpha value is -1.62. The van der Waals surface area contributed by atoms with Crippen molar-refractivity contribution < 1.29 is 19.0 Å². The Balaban J connectivity index is 1.97. The molecule has 1 fully saturated rings. The Kier molecular flexibility index (Phi) is 3.81. The molecule has 18 heavy (non-hydrogen) atoms. The van der Waals surface area contributed by atoms with Crippen molar-refractivity contribution in [2.24, 2.45) is 5.92 Å². The van der Waals surface area contributed by atoms with Gasteiger partial charge in [-0.25, -0.2) is 4.39 Å². The third-order valence-corrected chi connectivity index (χ3v) is 3.26. The van der Waals surface area contributed by atoms with Crippen LogP contribution in [0.5, 0.6) is 5.75 Å². The standard InChI is InChI=1S/C13H16FNO3/c1-8-9(4-5-18-8)7-15-13(17)11-6-10(14)2-3-12(11)16/h2-3,6,8-9,16H,4-5,7H2,1H3,(H,15,17). The van der Waals surface area contributed by atoms with Gasteiger partial charge in [0.25, 0.3) is 5.91 Å². The van der Waals surface area contributed by atoms with E-state index in [9.17, 15) is 14.3 Å². The molecule has 1 amide bonds. The monoisotopic (exact) mass is 253 g/mol. The van der Waals surface area contributed by atoms with E-state index in [1.807, 2.05) is 6.92 Å². The first-order valence-corrected chi connectivity index (χ1v) is 5.96. The molecule has 1 aliphatic rings. The van der Waals surface area contributed by atoms with Gasteiger partial charge in [0.1, 0.15) is 11.6 Å². The van der Waals surface area contributed by atoms with E-state index in [1.165, 1.54) is 6.07 Å². The van der Waals surface area contributed by atoms with Crippen molar-refractivity contribution in [3.63, 3.8) is 0 Å². The van der Waals surface area contributed by atoms with Gasteiger partial charge in [0.05, 0.1) is 11.7 Å². The van der Waals surface area contributed by atoms with Crippen molar-refractivity contribution in [3.8, 4) is 5.75 Å². The number of phenols is 1. The number of rotatable bonds is 3. The van der Waals surface area contributed by atoms with Gasteiger partial charge in [0.2, 0.25) is 0 Å². The van der Waals surface area contributed by atoms with Gasteiger partial charge in [-0.15, -0.1) is 0 Å². The Morgan fingerprint density at radius 2 is 2.39 bits per heavy atom. The SMILES string of the molecule is CC1OCCC1CNC(=O)c1cc(F)ccc1O. The minimum atomic E-state index is -0.546. The van der Waals surface area contributed by atoms with Gasteiger partial charge < -0.3 is 15.2 Å². The number of hydrogen-bond donors (Lipinski definition) is 2. The summed E-state index contributed by atoms with van der Waals surface area (Å²) in [6, 6.07) is 3.31. The van der Waals surface area contributed by atoms with E-state index in [-0.39, 0.29) is 23.3 Å². The molecule has 0 bridgehead atoms. The van der Waals surface area contributed by atoms with Gasteiger partial charge in [-0.05, 0) is 31.5 Å². The first kappa shape index (κ1) is 12.8. The molecular formula is C13H16FNO3. The summed E-state index contributed by atoms with van der Waals surface area (Å²) in [5, 5.41) is 12.2. The summed E-state index contributed by atoms with van der Waals surface area (Å²) in [6.45, 7) is 3.13. The van der Waals surface area contributed by atoms with Crippen molar-refractivity contribution in [2.45, 2.75) is 19.4 Å². The predicted molar refractivity (Wildman–Crippen MR) is 63.9 cm³/mol. The van der Waals surface area contributed by atoms with E-state index in [1.54, 1.807) is 0 Å².